The average molecular weight is 382 g/mol. The molecule has 27 heavy (non-hydrogen) atoms. The minimum atomic E-state index is -3.08. The monoisotopic (exact) mass is 382 g/mol. The molecule has 8 heteroatoms. The van der Waals surface area contributed by atoms with Gasteiger partial charge in [0.2, 0.25) is 0 Å². The number of aromatic nitrogens is 3. The van der Waals surface area contributed by atoms with Gasteiger partial charge in [-0.2, -0.15) is 5.10 Å². The van der Waals surface area contributed by atoms with Crippen LogP contribution in [0, 0.1) is 0 Å². The molecular weight excluding hydrogens is 364 g/mol. The number of hydrogen-bond donors (Lipinski definition) is 1. The summed E-state index contributed by atoms with van der Waals surface area (Å²) >= 11 is 0. The average Bonchev–Trinajstić information content (AvgIpc) is 3.26. The first-order valence-corrected chi connectivity index (χ1v) is 10.4. The van der Waals surface area contributed by atoms with Gasteiger partial charge in [0, 0.05) is 24.0 Å². The highest BCUT2D eigenvalue weighted by molar-refractivity contribution is 7.91. The zero-order valence-corrected chi connectivity index (χ0v) is 15.3. The fraction of sp³-hybridized carbons (Fsp3) is 0.211. The molecule has 0 spiro atoms. The normalized spacial score (nSPS) is 18.3. The summed E-state index contributed by atoms with van der Waals surface area (Å²) < 4.78 is 25.4. The zero-order valence-electron chi connectivity index (χ0n) is 14.4. The fourth-order valence-electron chi connectivity index (χ4n) is 3.17. The number of sulfone groups is 1. The summed E-state index contributed by atoms with van der Waals surface area (Å²) in [6.07, 6.45) is 3.56. The molecule has 1 aromatic carbocycles. The van der Waals surface area contributed by atoms with Gasteiger partial charge in [0.05, 0.1) is 28.8 Å². The lowest BCUT2D eigenvalue weighted by atomic mass is 10.1. The van der Waals surface area contributed by atoms with Gasteiger partial charge in [-0.25, -0.2) is 13.1 Å². The van der Waals surface area contributed by atoms with Crippen LogP contribution in [0.2, 0.25) is 0 Å². The maximum absolute atomic E-state index is 12.5. The Morgan fingerprint density at radius 3 is 2.63 bits per heavy atom. The van der Waals surface area contributed by atoms with Crippen LogP contribution >= 0.6 is 0 Å². The Labute approximate surface area is 157 Å². The number of amides is 1. The van der Waals surface area contributed by atoms with Crippen molar-refractivity contribution in [2.45, 2.75) is 12.5 Å². The van der Waals surface area contributed by atoms with E-state index in [9.17, 15) is 13.2 Å². The van der Waals surface area contributed by atoms with Crippen molar-refractivity contribution in [2.24, 2.45) is 0 Å². The van der Waals surface area contributed by atoms with Gasteiger partial charge in [-0.15, -0.1) is 0 Å². The molecular formula is C19H18N4O3S. The van der Waals surface area contributed by atoms with Gasteiger partial charge < -0.3 is 5.32 Å². The summed E-state index contributed by atoms with van der Waals surface area (Å²) in [5, 5.41) is 7.44. The SMILES string of the molecule is O=C(Nc1cc(-c2ccccc2)nn1[C@H]1CCS(=O)(=O)C1)c1cccnc1. The number of rotatable bonds is 4. The topological polar surface area (TPSA) is 94.0 Å². The largest absolute Gasteiger partial charge is 0.307 e. The van der Waals surface area contributed by atoms with Crippen LogP contribution in [0.15, 0.2) is 60.9 Å². The molecule has 138 valence electrons. The Kier molecular flexibility index (Phi) is 4.49. The van der Waals surface area contributed by atoms with Crippen molar-refractivity contribution in [1.82, 2.24) is 14.8 Å². The molecule has 1 amide bonds. The van der Waals surface area contributed by atoms with Crippen LogP contribution in [0.4, 0.5) is 5.82 Å². The third-order valence-corrected chi connectivity index (χ3v) is 6.28. The number of carbonyl (C=O) groups is 1. The summed E-state index contributed by atoms with van der Waals surface area (Å²) in [7, 11) is -3.08. The molecule has 3 aromatic rings. The van der Waals surface area contributed by atoms with E-state index >= 15 is 0 Å². The second-order valence-electron chi connectivity index (χ2n) is 6.48. The van der Waals surface area contributed by atoms with Crippen molar-refractivity contribution in [3.8, 4) is 11.3 Å². The number of carbonyl (C=O) groups excluding carboxylic acids is 1. The Morgan fingerprint density at radius 2 is 1.96 bits per heavy atom. The zero-order chi connectivity index (χ0) is 18.9. The predicted octanol–water partition coefficient (Wildman–Crippen LogP) is 2.56. The van der Waals surface area contributed by atoms with Crippen LogP contribution in [0.25, 0.3) is 11.3 Å². The molecule has 4 rings (SSSR count). The highest BCUT2D eigenvalue weighted by Gasteiger charge is 2.31. The van der Waals surface area contributed by atoms with E-state index in [1.54, 1.807) is 29.1 Å². The van der Waals surface area contributed by atoms with Crippen molar-refractivity contribution < 1.29 is 13.2 Å². The number of pyridine rings is 1. The predicted molar refractivity (Wildman–Crippen MR) is 102 cm³/mol. The van der Waals surface area contributed by atoms with E-state index in [0.29, 0.717) is 23.5 Å². The minimum Gasteiger partial charge on any atom is -0.307 e. The third kappa shape index (κ3) is 3.75. The van der Waals surface area contributed by atoms with Crippen LogP contribution in [0.5, 0.6) is 0 Å². The van der Waals surface area contributed by atoms with Crippen molar-refractivity contribution in [1.29, 1.82) is 0 Å². The summed E-state index contributed by atoms with van der Waals surface area (Å²) in [6, 6.07) is 14.4. The van der Waals surface area contributed by atoms with E-state index in [-0.39, 0.29) is 23.5 Å². The van der Waals surface area contributed by atoms with E-state index in [1.165, 1.54) is 6.20 Å². The Bertz CT molecular complexity index is 1060. The Balaban J connectivity index is 1.70. The minimum absolute atomic E-state index is 0.0265. The lowest BCUT2D eigenvalue weighted by Gasteiger charge is -2.13. The number of anilines is 1. The molecule has 1 N–H and O–H groups in total. The summed E-state index contributed by atoms with van der Waals surface area (Å²) in [5.41, 5.74) is 2.00. The van der Waals surface area contributed by atoms with Gasteiger partial charge in [0.15, 0.2) is 9.84 Å². The molecule has 1 aliphatic heterocycles. The first kappa shape index (κ1) is 17.4. The number of hydrogen-bond acceptors (Lipinski definition) is 5. The third-order valence-electron chi connectivity index (χ3n) is 4.52. The molecule has 3 heterocycles. The smallest absolute Gasteiger partial charge is 0.258 e. The lowest BCUT2D eigenvalue weighted by molar-refractivity contribution is 0.102. The summed E-state index contributed by atoms with van der Waals surface area (Å²) in [5.74, 6) is 0.321. The molecule has 1 atom stereocenters. The standard InChI is InChI=1S/C19H18N4O3S/c24-19(15-7-4-9-20-12-15)21-18-11-17(14-5-2-1-3-6-14)22-23(18)16-8-10-27(25,26)13-16/h1-7,9,11-12,16H,8,10,13H2,(H,21,24)/t16-/m0/s1. The second kappa shape index (κ2) is 6.96. The molecule has 1 saturated heterocycles. The summed E-state index contributed by atoms with van der Waals surface area (Å²) in [6.45, 7) is 0. The van der Waals surface area contributed by atoms with Crippen LogP contribution in [-0.2, 0) is 9.84 Å². The van der Waals surface area contributed by atoms with Crippen LogP contribution < -0.4 is 5.32 Å². The van der Waals surface area contributed by atoms with E-state index in [4.69, 9.17) is 0 Å². The molecule has 2 aromatic heterocycles. The van der Waals surface area contributed by atoms with Gasteiger partial charge >= 0.3 is 0 Å². The summed E-state index contributed by atoms with van der Waals surface area (Å²) in [4.78, 5) is 16.5. The highest BCUT2D eigenvalue weighted by atomic mass is 32.2. The van der Waals surface area contributed by atoms with Crippen LogP contribution in [0.1, 0.15) is 22.8 Å². The van der Waals surface area contributed by atoms with E-state index < -0.39 is 9.84 Å². The maximum atomic E-state index is 12.5. The van der Waals surface area contributed by atoms with Gasteiger partial charge in [0.25, 0.3) is 5.91 Å². The van der Waals surface area contributed by atoms with Gasteiger partial charge in [-0.05, 0) is 18.6 Å². The van der Waals surface area contributed by atoms with Crippen molar-refractivity contribution in [3.63, 3.8) is 0 Å². The quantitative estimate of drug-likeness (QED) is 0.748. The molecule has 7 nitrogen and oxygen atoms in total. The van der Waals surface area contributed by atoms with Crippen molar-refractivity contribution in [3.05, 3.63) is 66.5 Å². The molecule has 0 unspecified atom stereocenters. The second-order valence-corrected chi connectivity index (χ2v) is 8.71. The van der Waals surface area contributed by atoms with Crippen LogP contribution in [0.3, 0.4) is 0 Å². The molecule has 0 aliphatic carbocycles. The molecule has 0 saturated carbocycles. The van der Waals surface area contributed by atoms with Gasteiger partial charge in [-0.1, -0.05) is 30.3 Å². The first-order valence-electron chi connectivity index (χ1n) is 8.59. The van der Waals surface area contributed by atoms with E-state index in [1.807, 2.05) is 30.3 Å². The molecule has 0 bridgehead atoms. The van der Waals surface area contributed by atoms with Crippen LogP contribution in [-0.4, -0.2) is 40.6 Å². The van der Waals surface area contributed by atoms with Crippen molar-refractivity contribution >= 4 is 21.6 Å². The maximum Gasteiger partial charge on any atom is 0.258 e. The van der Waals surface area contributed by atoms with Crippen molar-refractivity contribution in [2.75, 3.05) is 16.8 Å². The van der Waals surface area contributed by atoms with Gasteiger partial charge in [-0.3, -0.25) is 9.78 Å². The number of benzene rings is 1. The Hall–Kier alpha value is -3.00. The molecule has 1 aliphatic rings. The fourth-order valence-corrected chi connectivity index (χ4v) is 4.86. The first-order chi connectivity index (χ1) is 13.0. The molecule has 1 fully saturated rings. The van der Waals surface area contributed by atoms with E-state index in [2.05, 4.69) is 15.4 Å². The van der Waals surface area contributed by atoms with Gasteiger partial charge in [0.1, 0.15) is 5.82 Å². The number of nitrogens with one attached hydrogen (secondary N) is 1. The molecule has 0 radical (unpaired) electrons. The van der Waals surface area contributed by atoms with E-state index in [0.717, 1.165) is 5.56 Å². The Morgan fingerprint density at radius 1 is 1.15 bits per heavy atom. The highest BCUT2D eigenvalue weighted by Crippen LogP contribution is 2.30. The lowest BCUT2D eigenvalue weighted by Crippen LogP contribution is -2.19. The number of nitrogens with zero attached hydrogens (tertiary/aromatic N) is 3.